The molecule has 0 radical (unpaired) electrons. The Morgan fingerprint density at radius 3 is 3.19 bits per heavy atom. The normalized spacial score (nSPS) is 21.4. The van der Waals surface area contributed by atoms with Crippen molar-refractivity contribution in [3.63, 3.8) is 0 Å². The average Bonchev–Trinajstić information content (AvgIpc) is 2.75. The third-order valence-electron chi connectivity index (χ3n) is 3.08. The van der Waals surface area contributed by atoms with Crippen LogP contribution < -0.4 is 0 Å². The molecule has 2 aromatic rings. The van der Waals surface area contributed by atoms with Crippen molar-refractivity contribution in [2.45, 2.75) is 18.8 Å². The molecule has 1 aliphatic heterocycles. The Kier molecular flexibility index (Phi) is 2.29. The number of aromatic hydroxyl groups is 1. The molecule has 0 saturated carbocycles. The van der Waals surface area contributed by atoms with E-state index < -0.39 is 0 Å². The Hall–Kier alpha value is -1.55. The van der Waals surface area contributed by atoms with Gasteiger partial charge in [0.2, 0.25) is 0 Å². The van der Waals surface area contributed by atoms with E-state index in [0.717, 1.165) is 30.8 Å². The highest BCUT2D eigenvalue weighted by Crippen LogP contribution is 2.27. The molecule has 0 aromatic carbocycles. The van der Waals surface area contributed by atoms with Gasteiger partial charge in [0.25, 0.3) is 0 Å². The monoisotopic (exact) mass is 218 g/mol. The summed E-state index contributed by atoms with van der Waals surface area (Å²) in [5, 5.41) is 9.85. The average molecular weight is 218 g/mol. The van der Waals surface area contributed by atoms with E-state index in [4.69, 9.17) is 4.74 Å². The van der Waals surface area contributed by atoms with Crippen LogP contribution in [0.3, 0.4) is 0 Å². The van der Waals surface area contributed by atoms with Crippen LogP contribution in [0.25, 0.3) is 5.52 Å². The summed E-state index contributed by atoms with van der Waals surface area (Å²) in [4.78, 5) is 4.40. The van der Waals surface area contributed by atoms with E-state index in [0.29, 0.717) is 12.5 Å². The first-order valence-corrected chi connectivity index (χ1v) is 5.59. The standard InChI is InChI=1S/C12H14N2O2/c15-11-5-1-4-10-7-13-12(14(10)11)9-3-2-6-16-8-9/h1,4-5,7,9,15H,2-3,6,8H2. The van der Waals surface area contributed by atoms with Gasteiger partial charge in [-0.15, -0.1) is 0 Å². The van der Waals surface area contributed by atoms with Crippen molar-refractivity contribution in [1.82, 2.24) is 9.38 Å². The molecule has 1 atom stereocenters. The van der Waals surface area contributed by atoms with Crippen molar-refractivity contribution in [3.05, 3.63) is 30.2 Å². The van der Waals surface area contributed by atoms with Gasteiger partial charge in [-0.1, -0.05) is 6.07 Å². The zero-order valence-electron chi connectivity index (χ0n) is 8.97. The van der Waals surface area contributed by atoms with E-state index in [-0.39, 0.29) is 5.88 Å². The van der Waals surface area contributed by atoms with E-state index in [9.17, 15) is 5.11 Å². The molecule has 1 fully saturated rings. The maximum atomic E-state index is 9.85. The molecule has 4 nitrogen and oxygen atoms in total. The number of fused-ring (bicyclic) bond motifs is 1. The zero-order chi connectivity index (χ0) is 11.0. The molecule has 0 aliphatic carbocycles. The molecule has 0 bridgehead atoms. The van der Waals surface area contributed by atoms with Gasteiger partial charge in [-0.3, -0.25) is 4.40 Å². The predicted molar refractivity (Wildman–Crippen MR) is 59.7 cm³/mol. The second-order valence-electron chi connectivity index (χ2n) is 4.17. The van der Waals surface area contributed by atoms with Gasteiger partial charge in [-0.25, -0.2) is 4.98 Å². The first-order valence-electron chi connectivity index (χ1n) is 5.59. The van der Waals surface area contributed by atoms with Crippen LogP contribution in [0.4, 0.5) is 0 Å². The molecule has 0 spiro atoms. The van der Waals surface area contributed by atoms with Crippen molar-refractivity contribution in [3.8, 4) is 5.88 Å². The number of nitrogens with zero attached hydrogens (tertiary/aromatic N) is 2. The lowest BCUT2D eigenvalue weighted by atomic mass is 10.0. The van der Waals surface area contributed by atoms with Crippen molar-refractivity contribution in [1.29, 1.82) is 0 Å². The summed E-state index contributed by atoms with van der Waals surface area (Å²) in [5.74, 6) is 1.45. The van der Waals surface area contributed by atoms with Crippen LogP contribution in [0.1, 0.15) is 24.6 Å². The van der Waals surface area contributed by atoms with E-state index in [2.05, 4.69) is 4.98 Å². The van der Waals surface area contributed by atoms with E-state index in [1.807, 2.05) is 12.1 Å². The van der Waals surface area contributed by atoms with Gasteiger partial charge in [0.1, 0.15) is 5.82 Å². The van der Waals surface area contributed by atoms with E-state index >= 15 is 0 Å². The minimum atomic E-state index is 0.246. The molecule has 3 rings (SSSR count). The predicted octanol–water partition coefficient (Wildman–Crippen LogP) is 1.93. The molecular formula is C12H14N2O2. The van der Waals surface area contributed by atoms with Crippen molar-refractivity contribution < 1.29 is 9.84 Å². The SMILES string of the molecule is Oc1cccc2cnc(C3CCCOC3)n12. The number of hydrogen-bond acceptors (Lipinski definition) is 3. The number of pyridine rings is 1. The van der Waals surface area contributed by atoms with Crippen LogP contribution in [0.5, 0.6) is 5.88 Å². The lowest BCUT2D eigenvalue weighted by Gasteiger charge is -2.21. The zero-order valence-corrected chi connectivity index (χ0v) is 8.97. The van der Waals surface area contributed by atoms with Crippen molar-refractivity contribution in [2.75, 3.05) is 13.2 Å². The summed E-state index contributed by atoms with van der Waals surface area (Å²) in [6.07, 6.45) is 3.93. The maximum Gasteiger partial charge on any atom is 0.197 e. The summed E-state index contributed by atoms with van der Waals surface area (Å²) in [7, 11) is 0. The van der Waals surface area contributed by atoms with Gasteiger partial charge >= 0.3 is 0 Å². The van der Waals surface area contributed by atoms with Crippen LogP contribution in [-0.2, 0) is 4.74 Å². The van der Waals surface area contributed by atoms with Crippen LogP contribution in [-0.4, -0.2) is 27.7 Å². The second-order valence-corrected chi connectivity index (χ2v) is 4.17. The summed E-state index contributed by atoms with van der Waals surface area (Å²) in [6, 6.07) is 5.45. The molecule has 0 amide bonds. The Morgan fingerprint density at radius 2 is 2.38 bits per heavy atom. The topological polar surface area (TPSA) is 46.8 Å². The summed E-state index contributed by atoms with van der Waals surface area (Å²) in [5.41, 5.74) is 0.931. The highest BCUT2D eigenvalue weighted by Gasteiger charge is 2.21. The fraction of sp³-hybridized carbons (Fsp3) is 0.417. The summed E-state index contributed by atoms with van der Waals surface area (Å²) < 4.78 is 7.26. The van der Waals surface area contributed by atoms with Crippen molar-refractivity contribution in [2.24, 2.45) is 0 Å². The summed E-state index contributed by atoms with van der Waals surface area (Å²) >= 11 is 0. The Bertz CT molecular complexity index is 501. The second kappa shape index (κ2) is 3.79. The van der Waals surface area contributed by atoms with Crippen molar-refractivity contribution >= 4 is 5.52 Å². The minimum Gasteiger partial charge on any atom is -0.494 e. The molecule has 2 aromatic heterocycles. The molecule has 1 aliphatic rings. The third kappa shape index (κ3) is 1.46. The number of ether oxygens (including phenoxy) is 1. The Balaban J connectivity index is 2.09. The maximum absolute atomic E-state index is 9.85. The Labute approximate surface area is 93.5 Å². The smallest absolute Gasteiger partial charge is 0.197 e. The van der Waals surface area contributed by atoms with Crippen LogP contribution in [0, 0.1) is 0 Å². The van der Waals surface area contributed by atoms with Crippen LogP contribution >= 0.6 is 0 Å². The fourth-order valence-electron chi connectivity index (χ4n) is 2.29. The van der Waals surface area contributed by atoms with Crippen LogP contribution in [0.2, 0.25) is 0 Å². The molecule has 1 N–H and O–H groups in total. The quantitative estimate of drug-likeness (QED) is 0.795. The molecule has 1 unspecified atom stereocenters. The first-order chi connectivity index (χ1) is 7.86. The molecule has 84 valence electrons. The molecule has 4 heteroatoms. The van der Waals surface area contributed by atoms with Gasteiger partial charge < -0.3 is 9.84 Å². The lowest BCUT2D eigenvalue weighted by Crippen LogP contribution is -2.17. The van der Waals surface area contributed by atoms with Gasteiger partial charge in [-0.05, 0) is 25.0 Å². The number of aromatic nitrogens is 2. The fourth-order valence-corrected chi connectivity index (χ4v) is 2.29. The number of rotatable bonds is 1. The largest absolute Gasteiger partial charge is 0.494 e. The van der Waals surface area contributed by atoms with Gasteiger partial charge in [0, 0.05) is 12.5 Å². The molecule has 1 saturated heterocycles. The number of hydrogen-bond donors (Lipinski definition) is 1. The van der Waals surface area contributed by atoms with Gasteiger partial charge in [-0.2, -0.15) is 0 Å². The summed E-state index contributed by atoms with van der Waals surface area (Å²) in [6.45, 7) is 1.54. The highest BCUT2D eigenvalue weighted by atomic mass is 16.5. The molecule has 16 heavy (non-hydrogen) atoms. The number of imidazole rings is 1. The Morgan fingerprint density at radius 1 is 1.44 bits per heavy atom. The first kappa shape index (κ1) is 9.66. The van der Waals surface area contributed by atoms with E-state index in [1.54, 1.807) is 16.7 Å². The van der Waals surface area contributed by atoms with E-state index in [1.165, 1.54) is 0 Å². The molecule has 3 heterocycles. The minimum absolute atomic E-state index is 0.246. The highest BCUT2D eigenvalue weighted by molar-refractivity contribution is 5.49. The van der Waals surface area contributed by atoms with Crippen LogP contribution in [0.15, 0.2) is 24.4 Å². The lowest BCUT2D eigenvalue weighted by molar-refractivity contribution is 0.0777. The van der Waals surface area contributed by atoms with Gasteiger partial charge in [0.05, 0.1) is 18.3 Å². The third-order valence-corrected chi connectivity index (χ3v) is 3.08. The van der Waals surface area contributed by atoms with Gasteiger partial charge in [0.15, 0.2) is 5.88 Å². The molecular weight excluding hydrogens is 204 g/mol.